The maximum atomic E-state index is 13.3. The van der Waals surface area contributed by atoms with Crippen LogP contribution in [0.2, 0.25) is 0 Å². The molecule has 1 N–H and O–H groups in total. The lowest BCUT2D eigenvalue weighted by Gasteiger charge is -2.22. The molecule has 0 heterocycles. The zero-order valence-electron chi connectivity index (χ0n) is 37.6. The fraction of sp³-hybridized carbons (Fsp3) is 0.808. The highest BCUT2D eigenvalue weighted by Crippen LogP contribution is 2.37. The van der Waals surface area contributed by atoms with E-state index >= 15 is 0 Å². The Kier molecular flexibility index (Phi) is 31.2. The van der Waals surface area contributed by atoms with Crippen LogP contribution >= 0.6 is 0 Å². The normalized spacial score (nSPS) is 12.0. The van der Waals surface area contributed by atoms with E-state index in [9.17, 15) is 13.0 Å². The van der Waals surface area contributed by atoms with E-state index in [4.69, 9.17) is 0 Å². The van der Waals surface area contributed by atoms with Crippen molar-refractivity contribution >= 4 is 20.9 Å². The van der Waals surface area contributed by atoms with Crippen molar-refractivity contribution in [2.45, 2.75) is 276 Å². The van der Waals surface area contributed by atoms with Gasteiger partial charge in [0.2, 0.25) is 0 Å². The molecule has 0 amide bonds. The molecule has 0 aromatic heterocycles. The Morgan fingerprint density at radius 3 is 0.893 bits per heavy atom. The summed E-state index contributed by atoms with van der Waals surface area (Å²) in [6, 6.07) is 8.08. The SMILES string of the molecule is CCCCCCCCCCCCCCc1c(CCCCCCCCCCCCCC)c(S(=O)(=O)O)c2ccccc2c1CCCCCCCCCCCCCC. The van der Waals surface area contributed by atoms with Gasteiger partial charge in [-0.15, -0.1) is 0 Å². The van der Waals surface area contributed by atoms with Gasteiger partial charge in [-0.3, -0.25) is 4.55 Å². The molecule has 0 unspecified atom stereocenters. The zero-order valence-corrected chi connectivity index (χ0v) is 38.4. The van der Waals surface area contributed by atoms with Crippen LogP contribution in [0.4, 0.5) is 0 Å². The quantitative estimate of drug-likeness (QED) is 0.0540. The fourth-order valence-corrected chi connectivity index (χ4v) is 10.2. The van der Waals surface area contributed by atoms with E-state index in [1.807, 2.05) is 12.1 Å². The van der Waals surface area contributed by atoms with Gasteiger partial charge in [-0.1, -0.05) is 257 Å². The fourth-order valence-electron chi connectivity index (χ4n) is 9.16. The van der Waals surface area contributed by atoms with Crippen LogP contribution in [0.3, 0.4) is 0 Å². The molecular weight excluding hydrogens is 705 g/mol. The van der Waals surface area contributed by atoms with Gasteiger partial charge in [0.1, 0.15) is 4.90 Å². The molecule has 0 aliphatic carbocycles. The molecule has 0 radical (unpaired) electrons. The average molecular weight is 797 g/mol. The van der Waals surface area contributed by atoms with Crippen molar-refractivity contribution in [2.24, 2.45) is 0 Å². The lowest BCUT2D eigenvalue weighted by atomic mass is 9.86. The molecule has 0 aliphatic heterocycles. The summed E-state index contributed by atoms with van der Waals surface area (Å²) in [6.45, 7) is 6.86. The molecule has 0 fully saturated rings. The van der Waals surface area contributed by atoms with Gasteiger partial charge in [-0.25, -0.2) is 0 Å². The lowest BCUT2D eigenvalue weighted by Crippen LogP contribution is -2.12. The van der Waals surface area contributed by atoms with E-state index < -0.39 is 10.1 Å². The van der Waals surface area contributed by atoms with Crippen LogP contribution in [0.25, 0.3) is 10.8 Å². The second-order valence-electron chi connectivity index (χ2n) is 17.7. The first-order valence-electron chi connectivity index (χ1n) is 25.0. The smallest absolute Gasteiger partial charge is 0.282 e. The van der Waals surface area contributed by atoms with Gasteiger partial charge in [0, 0.05) is 5.39 Å². The Bertz CT molecular complexity index is 1320. The van der Waals surface area contributed by atoms with Gasteiger partial charge in [0.05, 0.1) is 0 Å². The first kappa shape index (κ1) is 50.8. The molecule has 2 aromatic rings. The molecule has 2 aromatic carbocycles. The Morgan fingerprint density at radius 2 is 0.589 bits per heavy atom. The highest BCUT2D eigenvalue weighted by molar-refractivity contribution is 7.86. The van der Waals surface area contributed by atoms with Crippen molar-refractivity contribution < 1.29 is 13.0 Å². The first-order valence-corrected chi connectivity index (χ1v) is 26.4. The van der Waals surface area contributed by atoms with Crippen molar-refractivity contribution in [1.82, 2.24) is 0 Å². The van der Waals surface area contributed by atoms with Crippen molar-refractivity contribution in [1.29, 1.82) is 0 Å². The molecule has 0 saturated heterocycles. The molecule has 0 saturated carbocycles. The van der Waals surface area contributed by atoms with Gasteiger partial charge in [0.25, 0.3) is 10.1 Å². The third kappa shape index (κ3) is 23.3. The van der Waals surface area contributed by atoms with Gasteiger partial charge in [0.15, 0.2) is 0 Å². The third-order valence-electron chi connectivity index (χ3n) is 12.6. The van der Waals surface area contributed by atoms with Gasteiger partial charge < -0.3 is 0 Å². The number of rotatable bonds is 40. The molecule has 56 heavy (non-hydrogen) atoms. The third-order valence-corrected chi connectivity index (χ3v) is 13.6. The Morgan fingerprint density at radius 1 is 0.339 bits per heavy atom. The highest BCUT2D eigenvalue weighted by atomic mass is 32.2. The summed E-state index contributed by atoms with van der Waals surface area (Å²) in [5, 5.41) is 1.78. The van der Waals surface area contributed by atoms with Gasteiger partial charge in [-0.05, 0) is 60.6 Å². The number of unbranched alkanes of at least 4 members (excludes halogenated alkanes) is 33. The second-order valence-corrected chi connectivity index (χ2v) is 19.1. The minimum absolute atomic E-state index is 0.212. The van der Waals surface area contributed by atoms with Crippen LogP contribution in [0.15, 0.2) is 29.2 Å². The van der Waals surface area contributed by atoms with Crippen molar-refractivity contribution in [3.8, 4) is 0 Å². The van der Waals surface area contributed by atoms with Crippen molar-refractivity contribution in [3.63, 3.8) is 0 Å². The molecule has 0 spiro atoms. The van der Waals surface area contributed by atoms with E-state index in [-0.39, 0.29) is 4.90 Å². The molecule has 2 rings (SSSR count). The van der Waals surface area contributed by atoms with E-state index in [1.165, 1.54) is 217 Å². The Labute approximate surface area is 349 Å². The lowest BCUT2D eigenvalue weighted by molar-refractivity contribution is 0.482. The van der Waals surface area contributed by atoms with Crippen LogP contribution in [0.1, 0.15) is 269 Å². The summed E-state index contributed by atoms with van der Waals surface area (Å²) in [5.74, 6) is 0. The number of benzene rings is 2. The van der Waals surface area contributed by atoms with Gasteiger partial charge >= 0.3 is 0 Å². The minimum atomic E-state index is -4.37. The Balaban J connectivity index is 2.07. The highest BCUT2D eigenvalue weighted by Gasteiger charge is 2.25. The van der Waals surface area contributed by atoms with E-state index in [0.717, 1.165) is 61.3 Å². The number of aryl methyl sites for hydroxylation is 1. The summed E-state index contributed by atoms with van der Waals surface area (Å²) >= 11 is 0. The standard InChI is InChI=1S/C52H92O3S/c1-4-7-10-13-16-19-22-25-28-31-34-37-42-47-48(43-38-35-32-29-26-23-20-17-14-11-8-5-2)50(52(56(53,54)55)51-46-41-40-44-49(47)51)45-39-36-33-30-27-24-21-18-15-12-9-6-3/h40-41,44,46H,4-39,42-43,45H2,1-3H3,(H,53,54,55). The summed E-state index contributed by atoms with van der Waals surface area (Å²) in [7, 11) is -4.37. The van der Waals surface area contributed by atoms with Crippen LogP contribution in [-0.4, -0.2) is 13.0 Å². The first-order chi connectivity index (χ1) is 27.5. The summed E-state index contributed by atoms with van der Waals surface area (Å²) in [5.41, 5.74) is 3.57. The number of hydrogen-bond acceptors (Lipinski definition) is 2. The second kappa shape index (κ2) is 34.5. The van der Waals surface area contributed by atoms with E-state index in [0.29, 0.717) is 0 Å². The van der Waals surface area contributed by atoms with Crippen LogP contribution in [-0.2, 0) is 29.4 Å². The van der Waals surface area contributed by atoms with E-state index in [1.54, 1.807) is 0 Å². The van der Waals surface area contributed by atoms with E-state index in [2.05, 4.69) is 32.9 Å². The molecule has 0 atom stereocenters. The number of fused-ring (bicyclic) bond motifs is 1. The minimum Gasteiger partial charge on any atom is -0.282 e. The van der Waals surface area contributed by atoms with Crippen LogP contribution < -0.4 is 0 Å². The van der Waals surface area contributed by atoms with Crippen molar-refractivity contribution in [2.75, 3.05) is 0 Å². The van der Waals surface area contributed by atoms with Gasteiger partial charge in [-0.2, -0.15) is 8.42 Å². The van der Waals surface area contributed by atoms with Crippen LogP contribution in [0, 0.1) is 0 Å². The predicted molar refractivity (Wildman–Crippen MR) is 248 cm³/mol. The monoisotopic (exact) mass is 797 g/mol. The molecular formula is C52H92O3S. The molecule has 4 heteroatoms. The molecule has 324 valence electrons. The maximum absolute atomic E-state index is 13.3. The Hall–Kier alpha value is -1.39. The zero-order chi connectivity index (χ0) is 40.4. The maximum Gasteiger partial charge on any atom is 0.295 e. The van der Waals surface area contributed by atoms with Crippen LogP contribution in [0.5, 0.6) is 0 Å². The molecule has 0 bridgehead atoms. The topological polar surface area (TPSA) is 54.4 Å². The average Bonchev–Trinajstić information content (AvgIpc) is 3.19. The van der Waals surface area contributed by atoms with Crippen molar-refractivity contribution in [3.05, 3.63) is 41.0 Å². The summed E-state index contributed by atoms with van der Waals surface area (Å²) < 4.78 is 37.3. The largest absolute Gasteiger partial charge is 0.295 e. The molecule has 0 aliphatic rings. The molecule has 3 nitrogen and oxygen atoms in total. The number of hydrogen-bond donors (Lipinski definition) is 1. The predicted octanol–water partition coefficient (Wildman–Crippen LogP) is 17.8. The summed E-state index contributed by atoms with van der Waals surface area (Å²) in [6.07, 6.45) is 50.0. The summed E-state index contributed by atoms with van der Waals surface area (Å²) in [4.78, 5) is 0.212.